The van der Waals surface area contributed by atoms with E-state index in [2.05, 4.69) is 65.3 Å². The van der Waals surface area contributed by atoms with E-state index in [9.17, 15) is 0 Å². The summed E-state index contributed by atoms with van der Waals surface area (Å²) in [6.07, 6.45) is 2.00. The Morgan fingerprint density at radius 2 is 1.78 bits per heavy atom. The molecule has 2 heterocycles. The van der Waals surface area contributed by atoms with Crippen LogP contribution in [0.4, 0.5) is 0 Å². The van der Waals surface area contributed by atoms with E-state index in [1.165, 1.54) is 27.6 Å². The van der Waals surface area contributed by atoms with Crippen molar-refractivity contribution in [3.8, 4) is 11.1 Å². The van der Waals surface area contributed by atoms with Crippen molar-refractivity contribution in [2.24, 2.45) is 0 Å². The Bertz CT molecular complexity index is 785. The molecule has 1 saturated heterocycles. The van der Waals surface area contributed by atoms with Crippen molar-refractivity contribution in [1.29, 1.82) is 0 Å². The number of hydrogen-bond donors (Lipinski definition) is 1. The largest absolute Gasteiger partial charge is 0.379 e. The first-order valence-electron chi connectivity index (χ1n) is 8.31. The highest BCUT2D eigenvalue weighted by Gasteiger charge is 2.18. The number of aromatic nitrogens is 1. The summed E-state index contributed by atoms with van der Waals surface area (Å²) in [5, 5.41) is 1.28. The number of benzene rings is 2. The molecule has 1 fully saturated rings. The normalized spacial score (nSPS) is 17.4. The van der Waals surface area contributed by atoms with Gasteiger partial charge in [-0.3, -0.25) is 4.90 Å². The quantitative estimate of drug-likeness (QED) is 0.784. The van der Waals surface area contributed by atoms with Crippen LogP contribution < -0.4 is 0 Å². The minimum absolute atomic E-state index is 0.441. The van der Waals surface area contributed by atoms with Crippen LogP contribution in [-0.2, 0) is 4.74 Å². The van der Waals surface area contributed by atoms with Crippen molar-refractivity contribution in [3.05, 3.63) is 60.3 Å². The fourth-order valence-electron chi connectivity index (χ4n) is 3.45. The summed E-state index contributed by atoms with van der Waals surface area (Å²) in [7, 11) is 0. The first kappa shape index (κ1) is 14.5. The first-order chi connectivity index (χ1) is 11.3. The zero-order chi connectivity index (χ0) is 15.6. The lowest BCUT2D eigenvalue weighted by molar-refractivity contribution is 0.0198. The molecule has 3 heteroatoms. The lowest BCUT2D eigenvalue weighted by Gasteiger charge is -2.32. The van der Waals surface area contributed by atoms with Crippen molar-refractivity contribution in [3.63, 3.8) is 0 Å². The molecule has 118 valence electrons. The van der Waals surface area contributed by atoms with E-state index in [1.54, 1.807) is 0 Å². The average Bonchev–Trinajstić information content (AvgIpc) is 3.11. The first-order valence-corrected chi connectivity index (χ1v) is 8.31. The van der Waals surface area contributed by atoms with E-state index in [1.807, 2.05) is 6.20 Å². The van der Waals surface area contributed by atoms with Gasteiger partial charge < -0.3 is 9.72 Å². The third-order valence-electron chi connectivity index (χ3n) is 4.89. The molecule has 0 saturated carbocycles. The standard InChI is InChI=1S/C20H22N2O/c1-15(22-11-13-23-14-12-22)16-5-7-17(8-6-16)18-3-2-4-20-19(18)9-10-21-20/h2-10,15,21H,11-14H2,1H3/t15-/m1/s1. The highest BCUT2D eigenvalue weighted by molar-refractivity contribution is 5.95. The molecule has 3 nitrogen and oxygen atoms in total. The Morgan fingerprint density at radius 1 is 1.00 bits per heavy atom. The van der Waals surface area contributed by atoms with Gasteiger partial charge in [0.2, 0.25) is 0 Å². The van der Waals surface area contributed by atoms with Crippen molar-refractivity contribution < 1.29 is 4.74 Å². The summed E-state index contributed by atoms with van der Waals surface area (Å²) in [4.78, 5) is 5.78. The molecular weight excluding hydrogens is 284 g/mol. The number of rotatable bonds is 3. The van der Waals surface area contributed by atoms with Crippen LogP contribution in [0.3, 0.4) is 0 Å². The average molecular weight is 306 g/mol. The minimum Gasteiger partial charge on any atom is -0.379 e. The summed E-state index contributed by atoms with van der Waals surface area (Å²) >= 11 is 0. The van der Waals surface area contributed by atoms with E-state index in [4.69, 9.17) is 4.74 Å². The lowest BCUT2D eigenvalue weighted by atomic mass is 9.98. The minimum atomic E-state index is 0.441. The Morgan fingerprint density at radius 3 is 2.57 bits per heavy atom. The van der Waals surface area contributed by atoms with Gasteiger partial charge in [0.15, 0.2) is 0 Å². The van der Waals surface area contributed by atoms with Gasteiger partial charge >= 0.3 is 0 Å². The van der Waals surface area contributed by atoms with Crippen LogP contribution in [0.5, 0.6) is 0 Å². The molecule has 1 aromatic heterocycles. The summed E-state index contributed by atoms with van der Waals surface area (Å²) in [5.41, 5.74) is 5.12. The zero-order valence-electron chi connectivity index (χ0n) is 13.5. The van der Waals surface area contributed by atoms with Crippen LogP contribution in [0, 0.1) is 0 Å². The van der Waals surface area contributed by atoms with Gasteiger partial charge in [-0.1, -0.05) is 36.4 Å². The molecule has 0 aliphatic carbocycles. The van der Waals surface area contributed by atoms with Crippen molar-refractivity contribution >= 4 is 10.9 Å². The molecule has 3 aromatic rings. The van der Waals surface area contributed by atoms with Gasteiger partial charge in [-0.05, 0) is 35.7 Å². The Balaban J connectivity index is 1.61. The van der Waals surface area contributed by atoms with Gasteiger partial charge in [0.25, 0.3) is 0 Å². The second-order valence-electron chi connectivity index (χ2n) is 6.19. The molecule has 2 aromatic carbocycles. The molecule has 23 heavy (non-hydrogen) atoms. The van der Waals surface area contributed by atoms with Crippen molar-refractivity contribution in [2.75, 3.05) is 26.3 Å². The lowest BCUT2D eigenvalue weighted by Crippen LogP contribution is -2.37. The highest BCUT2D eigenvalue weighted by atomic mass is 16.5. The molecule has 1 aliphatic heterocycles. The summed E-state index contributed by atoms with van der Waals surface area (Å²) in [5.74, 6) is 0. The molecular formula is C20H22N2O. The predicted octanol–water partition coefficient (Wildman–Crippen LogP) is 4.23. The SMILES string of the molecule is C[C@H](c1ccc(-c2cccc3[nH]ccc23)cc1)N1CCOCC1. The number of nitrogens with zero attached hydrogens (tertiary/aromatic N) is 1. The second-order valence-corrected chi connectivity index (χ2v) is 6.19. The number of H-pyrrole nitrogens is 1. The summed E-state index contributed by atoms with van der Waals surface area (Å²) < 4.78 is 5.45. The maximum atomic E-state index is 5.45. The molecule has 1 aliphatic rings. The number of morpholine rings is 1. The van der Waals surface area contributed by atoms with Crippen molar-refractivity contribution in [1.82, 2.24) is 9.88 Å². The monoisotopic (exact) mass is 306 g/mol. The van der Waals surface area contributed by atoms with Crippen molar-refractivity contribution in [2.45, 2.75) is 13.0 Å². The van der Waals surface area contributed by atoms with Gasteiger partial charge in [0.1, 0.15) is 0 Å². The van der Waals surface area contributed by atoms with E-state index >= 15 is 0 Å². The molecule has 0 spiro atoms. The number of aromatic amines is 1. The van der Waals surface area contributed by atoms with Crippen LogP contribution in [0.15, 0.2) is 54.7 Å². The predicted molar refractivity (Wildman–Crippen MR) is 94.5 cm³/mol. The molecule has 0 radical (unpaired) electrons. The van der Waals surface area contributed by atoms with Crippen LogP contribution in [0.25, 0.3) is 22.0 Å². The second kappa shape index (κ2) is 6.19. The molecule has 4 rings (SSSR count). The topological polar surface area (TPSA) is 28.3 Å². The summed E-state index contributed by atoms with van der Waals surface area (Å²) in [6, 6.07) is 18.0. The van der Waals surface area contributed by atoms with E-state index in [0.717, 1.165) is 26.3 Å². The Kier molecular flexibility index (Phi) is 3.90. The Hall–Kier alpha value is -2.10. The smallest absolute Gasteiger partial charge is 0.0594 e. The number of fused-ring (bicyclic) bond motifs is 1. The van der Waals surface area contributed by atoms with Gasteiger partial charge in [0.05, 0.1) is 13.2 Å². The van der Waals surface area contributed by atoms with E-state index in [-0.39, 0.29) is 0 Å². The highest BCUT2D eigenvalue weighted by Crippen LogP contribution is 2.30. The third kappa shape index (κ3) is 2.78. The van der Waals surface area contributed by atoms with Crippen LogP contribution >= 0.6 is 0 Å². The van der Waals surface area contributed by atoms with E-state index < -0.39 is 0 Å². The van der Waals surface area contributed by atoms with Gasteiger partial charge in [0, 0.05) is 36.2 Å². The molecule has 0 bridgehead atoms. The van der Waals surface area contributed by atoms with Crippen LogP contribution in [-0.4, -0.2) is 36.2 Å². The molecule has 0 unspecified atom stereocenters. The molecule has 1 atom stereocenters. The zero-order valence-corrected chi connectivity index (χ0v) is 13.5. The Labute approximate surface area is 136 Å². The van der Waals surface area contributed by atoms with Gasteiger partial charge in [-0.25, -0.2) is 0 Å². The maximum absolute atomic E-state index is 5.45. The maximum Gasteiger partial charge on any atom is 0.0594 e. The van der Waals surface area contributed by atoms with Gasteiger partial charge in [-0.15, -0.1) is 0 Å². The molecule has 1 N–H and O–H groups in total. The number of nitrogens with one attached hydrogen (secondary N) is 1. The summed E-state index contributed by atoms with van der Waals surface area (Å²) in [6.45, 7) is 6.01. The van der Waals surface area contributed by atoms with Crippen LogP contribution in [0.2, 0.25) is 0 Å². The van der Waals surface area contributed by atoms with Gasteiger partial charge in [-0.2, -0.15) is 0 Å². The van der Waals surface area contributed by atoms with Crippen LogP contribution in [0.1, 0.15) is 18.5 Å². The number of hydrogen-bond acceptors (Lipinski definition) is 2. The number of ether oxygens (including phenoxy) is 1. The molecule has 0 amide bonds. The third-order valence-corrected chi connectivity index (χ3v) is 4.89. The fourth-order valence-corrected chi connectivity index (χ4v) is 3.45. The fraction of sp³-hybridized carbons (Fsp3) is 0.300. The van der Waals surface area contributed by atoms with E-state index in [0.29, 0.717) is 6.04 Å².